The smallest absolute Gasteiger partial charge is 0.222 e. The average Bonchev–Trinajstić information content (AvgIpc) is 2.50. The van der Waals surface area contributed by atoms with Crippen molar-refractivity contribution in [3.63, 3.8) is 0 Å². The maximum atomic E-state index is 12.5. The third-order valence-electron chi connectivity index (χ3n) is 5.65. The molecule has 0 saturated carbocycles. The van der Waals surface area contributed by atoms with E-state index in [4.69, 9.17) is 0 Å². The Balaban J connectivity index is 2.36. The first-order chi connectivity index (χ1) is 10.3. The van der Waals surface area contributed by atoms with E-state index in [9.17, 15) is 4.79 Å². The maximum Gasteiger partial charge on any atom is 0.222 e. The largest absolute Gasteiger partial charge is 0.343 e. The van der Waals surface area contributed by atoms with E-state index in [1.807, 2.05) is 0 Å². The molecule has 1 unspecified atom stereocenters. The molecule has 1 saturated heterocycles. The molecule has 1 aliphatic heterocycles. The van der Waals surface area contributed by atoms with Gasteiger partial charge in [-0.2, -0.15) is 0 Å². The lowest BCUT2D eigenvalue weighted by Gasteiger charge is -2.34. The summed E-state index contributed by atoms with van der Waals surface area (Å²) in [5.74, 6) is 2.50. The van der Waals surface area contributed by atoms with Gasteiger partial charge in [0.25, 0.3) is 0 Å². The van der Waals surface area contributed by atoms with Gasteiger partial charge in [-0.25, -0.2) is 0 Å². The normalized spacial score (nSPS) is 18.5. The number of hydrogen-bond donors (Lipinski definition) is 0. The van der Waals surface area contributed by atoms with Crippen molar-refractivity contribution in [2.24, 2.45) is 17.8 Å². The van der Waals surface area contributed by atoms with Crippen LogP contribution in [0.25, 0.3) is 0 Å². The van der Waals surface area contributed by atoms with E-state index < -0.39 is 0 Å². The van der Waals surface area contributed by atoms with Gasteiger partial charge in [0.2, 0.25) is 5.91 Å². The van der Waals surface area contributed by atoms with Crippen LogP contribution in [0.4, 0.5) is 0 Å². The zero-order valence-electron chi connectivity index (χ0n) is 15.8. The van der Waals surface area contributed by atoms with E-state index in [0.717, 1.165) is 50.7 Å². The van der Waals surface area contributed by atoms with Gasteiger partial charge in [-0.05, 0) is 64.5 Å². The van der Waals surface area contributed by atoms with Crippen LogP contribution in [0.2, 0.25) is 0 Å². The van der Waals surface area contributed by atoms with E-state index in [2.05, 4.69) is 51.5 Å². The highest BCUT2D eigenvalue weighted by Crippen LogP contribution is 2.25. The SMILES string of the molecule is CCC(CCN(C)C(C)C)CC(=O)N1CCC(C(C)C)CC1. The van der Waals surface area contributed by atoms with Crippen LogP contribution in [0.1, 0.15) is 66.7 Å². The minimum atomic E-state index is 0.390. The summed E-state index contributed by atoms with van der Waals surface area (Å²) in [6.45, 7) is 14.3. The molecule has 1 aliphatic rings. The Labute approximate surface area is 138 Å². The second kappa shape index (κ2) is 9.54. The molecule has 1 fully saturated rings. The highest BCUT2D eigenvalue weighted by Gasteiger charge is 2.25. The van der Waals surface area contributed by atoms with Crippen LogP contribution in [-0.2, 0) is 4.79 Å². The van der Waals surface area contributed by atoms with Crippen molar-refractivity contribution < 1.29 is 4.79 Å². The van der Waals surface area contributed by atoms with Crippen LogP contribution in [0.3, 0.4) is 0 Å². The van der Waals surface area contributed by atoms with E-state index in [-0.39, 0.29) is 0 Å². The highest BCUT2D eigenvalue weighted by molar-refractivity contribution is 5.76. The van der Waals surface area contributed by atoms with Gasteiger partial charge >= 0.3 is 0 Å². The first-order valence-electron chi connectivity index (χ1n) is 9.33. The molecular formula is C19H38N2O. The van der Waals surface area contributed by atoms with Crippen molar-refractivity contribution in [3.8, 4) is 0 Å². The van der Waals surface area contributed by atoms with E-state index in [1.54, 1.807) is 0 Å². The summed E-state index contributed by atoms with van der Waals surface area (Å²) in [6, 6.07) is 0.586. The lowest BCUT2D eigenvalue weighted by molar-refractivity contribution is -0.133. The molecule has 1 rings (SSSR count). The molecule has 22 heavy (non-hydrogen) atoms. The van der Waals surface area contributed by atoms with Crippen LogP contribution in [-0.4, -0.2) is 48.4 Å². The van der Waals surface area contributed by atoms with Gasteiger partial charge in [0.05, 0.1) is 0 Å². The minimum Gasteiger partial charge on any atom is -0.343 e. The molecule has 1 heterocycles. The van der Waals surface area contributed by atoms with Gasteiger partial charge in [0.15, 0.2) is 0 Å². The summed E-state index contributed by atoms with van der Waals surface area (Å²) in [6.07, 6.45) is 5.38. The van der Waals surface area contributed by atoms with Crippen molar-refractivity contribution >= 4 is 5.91 Å². The molecule has 0 aromatic heterocycles. The quantitative estimate of drug-likeness (QED) is 0.676. The molecule has 3 nitrogen and oxygen atoms in total. The summed E-state index contributed by atoms with van der Waals surface area (Å²) < 4.78 is 0. The monoisotopic (exact) mass is 310 g/mol. The number of nitrogens with zero attached hydrogens (tertiary/aromatic N) is 2. The molecule has 1 amide bonds. The second-order valence-electron chi connectivity index (χ2n) is 7.80. The second-order valence-corrected chi connectivity index (χ2v) is 7.80. The molecule has 0 aromatic carbocycles. The number of carbonyl (C=O) groups excluding carboxylic acids is 1. The maximum absolute atomic E-state index is 12.5. The number of likely N-dealkylation sites (tertiary alicyclic amines) is 1. The van der Waals surface area contributed by atoms with E-state index in [0.29, 0.717) is 17.9 Å². The molecule has 0 radical (unpaired) electrons. The van der Waals surface area contributed by atoms with Crippen molar-refractivity contribution in [1.29, 1.82) is 0 Å². The van der Waals surface area contributed by atoms with E-state index in [1.165, 1.54) is 12.8 Å². The van der Waals surface area contributed by atoms with E-state index >= 15 is 0 Å². The topological polar surface area (TPSA) is 23.6 Å². The molecule has 3 heteroatoms. The molecule has 0 aliphatic carbocycles. The Bertz CT molecular complexity index is 319. The lowest BCUT2D eigenvalue weighted by Crippen LogP contribution is -2.40. The predicted molar refractivity (Wildman–Crippen MR) is 94.9 cm³/mol. The van der Waals surface area contributed by atoms with Crippen LogP contribution in [0, 0.1) is 17.8 Å². The fourth-order valence-corrected chi connectivity index (χ4v) is 3.29. The third-order valence-corrected chi connectivity index (χ3v) is 5.65. The van der Waals surface area contributed by atoms with Gasteiger partial charge in [0, 0.05) is 25.6 Å². The van der Waals surface area contributed by atoms with Gasteiger partial charge in [-0.15, -0.1) is 0 Å². The Hall–Kier alpha value is -0.570. The summed E-state index contributed by atoms with van der Waals surface area (Å²) in [7, 11) is 2.18. The van der Waals surface area contributed by atoms with Gasteiger partial charge < -0.3 is 9.80 Å². The van der Waals surface area contributed by atoms with Crippen LogP contribution >= 0.6 is 0 Å². The molecule has 0 spiro atoms. The fraction of sp³-hybridized carbons (Fsp3) is 0.947. The Morgan fingerprint density at radius 3 is 2.23 bits per heavy atom. The summed E-state index contributed by atoms with van der Waals surface area (Å²) in [4.78, 5) is 17.0. The summed E-state index contributed by atoms with van der Waals surface area (Å²) in [5, 5.41) is 0. The zero-order chi connectivity index (χ0) is 16.7. The van der Waals surface area contributed by atoms with Crippen LogP contribution < -0.4 is 0 Å². The average molecular weight is 311 g/mol. The molecule has 0 bridgehead atoms. The van der Waals surface area contributed by atoms with Gasteiger partial charge in [-0.1, -0.05) is 27.2 Å². The molecule has 1 atom stereocenters. The Kier molecular flexibility index (Phi) is 8.45. The van der Waals surface area contributed by atoms with Crippen molar-refractivity contribution in [1.82, 2.24) is 9.80 Å². The van der Waals surface area contributed by atoms with Crippen LogP contribution in [0.15, 0.2) is 0 Å². The minimum absolute atomic E-state index is 0.390. The molecule has 0 aromatic rings. The number of carbonyl (C=O) groups is 1. The third kappa shape index (κ3) is 6.28. The number of hydrogen-bond acceptors (Lipinski definition) is 2. The number of amides is 1. The standard InChI is InChI=1S/C19H38N2O/c1-7-17(8-11-20(6)16(4)5)14-19(22)21-12-9-18(10-13-21)15(2)3/h15-18H,7-14H2,1-6H3. The van der Waals surface area contributed by atoms with Crippen molar-refractivity contribution in [3.05, 3.63) is 0 Å². The van der Waals surface area contributed by atoms with Crippen molar-refractivity contribution in [2.45, 2.75) is 72.8 Å². The Morgan fingerprint density at radius 2 is 1.77 bits per heavy atom. The Morgan fingerprint density at radius 1 is 1.18 bits per heavy atom. The summed E-state index contributed by atoms with van der Waals surface area (Å²) >= 11 is 0. The first kappa shape index (κ1) is 19.5. The number of rotatable bonds is 8. The zero-order valence-corrected chi connectivity index (χ0v) is 15.8. The molecular weight excluding hydrogens is 272 g/mol. The van der Waals surface area contributed by atoms with Gasteiger partial charge in [-0.3, -0.25) is 4.79 Å². The first-order valence-corrected chi connectivity index (χ1v) is 9.33. The summed E-state index contributed by atoms with van der Waals surface area (Å²) in [5.41, 5.74) is 0. The van der Waals surface area contributed by atoms with Gasteiger partial charge in [0.1, 0.15) is 0 Å². The molecule has 0 N–H and O–H groups in total. The highest BCUT2D eigenvalue weighted by atomic mass is 16.2. The fourth-order valence-electron chi connectivity index (χ4n) is 3.29. The van der Waals surface area contributed by atoms with Crippen molar-refractivity contribution in [2.75, 3.05) is 26.7 Å². The molecule has 130 valence electrons. The predicted octanol–water partition coefficient (Wildman–Crippen LogP) is 4.03. The van der Waals surface area contributed by atoms with Crippen LogP contribution in [0.5, 0.6) is 0 Å². The lowest BCUT2D eigenvalue weighted by atomic mass is 9.86. The number of piperidine rings is 1.